The van der Waals surface area contributed by atoms with Gasteiger partial charge in [-0.05, 0) is 69.1 Å². The van der Waals surface area contributed by atoms with E-state index in [-0.39, 0.29) is 38.5 Å². The van der Waals surface area contributed by atoms with Crippen molar-refractivity contribution in [3.05, 3.63) is 0 Å². The minimum Gasteiger partial charge on any atom is -0.396 e. The van der Waals surface area contributed by atoms with E-state index in [0.29, 0.717) is 0 Å². The molecular weight excluding hydrogens is 484 g/mol. The first-order valence-corrected chi connectivity index (χ1v) is 11.8. The number of aliphatic hydroxyl groups excluding tert-OH is 1. The molecule has 3 rings (SSSR count). The summed E-state index contributed by atoms with van der Waals surface area (Å²) < 4.78 is 138. The molecule has 0 radical (unpaired) electrons. The van der Waals surface area contributed by atoms with Crippen molar-refractivity contribution in [3.63, 3.8) is 0 Å². The summed E-state index contributed by atoms with van der Waals surface area (Å²) in [5.41, 5.74) is 0. The molecule has 3 fully saturated rings. The van der Waals surface area contributed by atoms with E-state index in [1.807, 2.05) is 5.32 Å². The summed E-state index contributed by atoms with van der Waals surface area (Å²) in [6, 6.07) is -4.67. The summed E-state index contributed by atoms with van der Waals surface area (Å²) in [5, 5.41) is 11.8. The van der Waals surface area contributed by atoms with Gasteiger partial charge in [-0.2, -0.15) is 26.3 Å². The molecule has 2 aliphatic carbocycles. The summed E-state index contributed by atoms with van der Waals surface area (Å²) in [5.74, 6) is -8.00. The summed E-state index contributed by atoms with van der Waals surface area (Å²) in [4.78, 5) is 0. The van der Waals surface area contributed by atoms with Gasteiger partial charge in [0.15, 0.2) is 0 Å². The van der Waals surface area contributed by atoms with E-state index in [9.17, 15) is 44.6 Å². The highest BCUT2D eigenvalue weighted by atomic mass is 19.4. The normalized spacial score (nSPS) is 41.5. The van der Waals surface area contributed by atoms with Gasteiger partial charge in [0.2, 0.25) is 0 Å². The van der Waals surface area contributed by atoms with Gasteiger partial charge in [-0.3, -0.25) is 5.32 Å². The number of halogens is 10. The van der Waals surface area contributed by atoms with Crippen molar-refractivity contribution < 1.29 is 49.0 Å². The minimum atomic E-state index is -5.10. The molecule has 200 valence electrons. The Labute approximate surface area is 191 Å². The van der Waals surface area contributed by atoms with Gasteiger partial charge in [-0.1, -0.05) is 0 Å². The fourth-order valence-corrected chi connectivity index (χ4v) is 6.60. The van der Waals surface area contributed by atoms with Gasteiger partial charge in [-0.15, -0.1) is 0 Å². The summed E-state index contributed by atoms with van der Waals surface area (Å²) >= 11 is 0. The van der Waals surface area contributed by atoms with E-state index in [0.717, 1.165) is 0 Å². The van der Waals surface area contributed by atoms with Crippen LogP contribution in [0.5, 0.6) is 0 Å². The maximum absolute atomic E-state index is 15.9. The Hall–Kier alpha value is -0.780. The fraction of sp³-hybridized carbons (Fsp3) is 1.00. The lowest BCUT2D eigenvalue weighted by molar-refractivity contribution is -0.215. The van der Waals surface area contributed by atoms with Gasteiger partial charge in [0.1, 0.15) is 18.4 Å². The average molecular weight is 515 g/mol. The maximum Gasteiger partial charge on any atom is 0.404 e. The van der Waals surface area contributed by atoms with Crippen LogP contribution in [0.25, 0.3) is 0 Å². The topological polar surface area (TPSA) is 32.3 Å². The Morgan fingerprint density at radius 1 is 0.794 bits per heavy atom. The zero-order chi connectivity index (χ0) is 25.4. The Bertz CT molecular complexity index is 641. The molecule has 6 atom stereocenters. The van der Waals surface area contributed by atoms with Crippen LogP contribution < -0.4 is 5.32 Å². The third kappa shape index (κ3) is 5.95. The van der Waals surface area contributed by atoms with E-state index in [2.05, 4.69) is 0 Å². The maximum atomic E-state index is 15.9. The zero-order valence-electron chi connectivity index (χ0n) is 18.4. The first-order valence-electron chi connectivity index (χ1n) is 11.8. The van der Waals surface area contributed by atoms with Crippen LogP contribution in [-0.4, -0.2) is 54.9 Å². The van der Waals surface area contributed by atoms with Gasteiger partial charge >= 0.3 is 12.4 Å². The lowest BCUT2D eigenvalue weighted by Crippen LogP contribution is -2.68. The second-order valence-electron chi connectivity index (χ2n) is 10.2. The molecule has 2 N–H and O–H groups in total. The van der Waals surface area contributed by atoms with Crippen LogP contribution in [0.4, 0.5) is 43.9 Å². The van der Waals surface area contributed by atoms with Crippen molar-refractivity contribution in [1.29, 1.82) is 0 Å². The number of hydrogen-bond acceptors (Lipinski definition) is 2. The minimum absolute atomic E-state index is 0.00311. The molecule has 0 aromatic rings. The van der Waals surface area contributed by atoms with Crippen molar-refractivity contribution in [3.8, 4) is 0 Å². The SMILES string of the molecule is OCC1C(C(F)F)NC(C(F)(F)F)C(C(F)C2CCC(C(F)(F)F)CC2)C1C1CCC(F)CC1. The third-order valence-corrected chi connectivity index (χ3v) is 8.29. The van der Waals surface area contributed by atoms with Crippen LogP contribution in [0, 0.1) is 35.5 Å². The Balaban J connectivity index is 1.94. The van der Waals surface area contributed by atoms with Gasteiger partial charge in [-0.25, -0.2) is 17.6 Å². The molecule has 0 aromatic carbocycles. The highest BCUT2D eigenvalue weighted by Gasteiger charge is 2.61. The first-order chi connectivity index (χ1) is 15.8. The summed E-state index contributed by atoms with van der Waals surface area (Å²) in [7, 11) is 0. The first kappa shape index (κ1) is 27.8. The van der Waals surface area contributed by atoms with E-state index in [1.165, 1.54) is 0 Å². The molecule has 1 aliphatic heterocycles. The van der Waals surface area contributed by atoms with E-state index in [1.54, 1.807) is 0 Å². The van der Waals surface area contributed by atoms with Crippen molar-refractivity contribution in [2.24, 2.45) is 35.5 Å². The van der Waals surface area contributed by atoms with Gasteiger partial charge in [0.05, 0.1) is 12.0 Å². The second kappa shape index (κ2) is 10.7. The predicted octanol–water partition coefficient (Wildman–Crippen LogP) is 6.23. The monoisotopic (exact) mass is 515 g/mol. The number of piperidine rings is 1. The van der Waals surface area contributed by atoms with Crippen molar-refractivity contribution in [2.45, 2.75) is 94.6 Å². The van der Waals surface area contributed by atoms with Crippen molar-refractivity contribution in [1.82, 2.24) is 5.32 Å². The van der Waals surface area contributed by atoms with Gasteiger partial charge < -0.3 is 5.11 Å². The van der Waals surface area contributed by atoms with Crippen LogP contribution in [0.1, 0.15) is 51.4 Å². The largest absolute Gasteiger partial charge is 0.404 e. The average Bonchev–Trinajstić information content (AvgIpc) is 2.76. The van der Waals surface area contributed by atoms with Gasteiger partial charge in [0.25, 0.3) is 6.43 Å². The van der Waals surface area contributed by atoms with E-state index >= 15 is 4.39 Å². The highest BCUT2D eigenvalue weighted by molar-refractivity contribution is 5.06. The van der Waals surface area contributed by atoms with Crippen LogP contribution >= 0.6 is 0 Å². The van der Waals surface area contributed by atoms with E-state index < -0.39 is 98.2 Å². The molecule has 34 heavy (non-hydrogen) atoms. The molecule has 2 nitrogen and oxygen atoms in total. The Kier molecular flexibility index (Phi) is 8.74. The number of rotatable bonds is 5. The molecular formula is C22H31F10NO. The number of alkyl halides is 10. The smallest absolute Gasteiger partial charge is 0.396 e. The molecule has 3 aliphatic rings. The Morgan fingerprint density at radius 3 is 1.79 bits per heavy atom. The molecule has 1 saturated heterocycles. The zero-order valence-corrected chi connectivity index (χ0v) is 18.4. The molecule has 0 amide bonds. The quantitative estimate of drug-likeness (QED) is 0.426. The number of nitrogens with one attached hydrogen (secondary N) is 1. The predicted molar refractivity (Wildman–Crippen MR) is 104 cm³/mol. The van der Waals surface area contributed by atoms with Crippen LogP contribution in [0.2, 0.25) is 0 Å². The second-order valence-corrected chi connectivity index (χ2v) is 10.2. The molecule has 0 bridgehead atoms. The molecule has 1 heterocycles. The van der Waals surface area contributed by atoms with Gasteiger partial charge in [0, 0.05) is 18.4 Å². The lowest BCUT2D eigenvalue weighted by atomic mass is 9.59. The summed E-state index contributed by atoms with van der Waals surface area (Å²) in [6.07, 6.45) is -17.4. The Morgan fingerprint density at radius 2 is 1.35 bits per heavy atom. The van der Waals surface area contributed by atoms with E-state index in [4.69, 9.17) is 0 Å². The standard InChI is InChI=1S/C22H31F10NO/c23-13-7-3-10(4-8-13)15-14(9-34)18(20(25)26)33-19(22(30,31)32)16(15)17(24)11-1-5-12(6-2-11)21(27,28)29/h10-20,33-34H,1-9H2. The number of aliphatic hydroxyl groups is 1. The van der Waals surface area contributed by atoms with Crippen LogP contribution in [0.15, 0.2) is 0 Å². The highest BCUT2D eigenvalue weighted by Crippen LogP contribution is 2.52. The van der Waals surface area contributed by atoms with Crippen molar-refractivity contribution >= 4 is 0 Å². The van der Waals surface area contributed by atoms with Crippen molar-refractivity contribution in [2.75, 3.05) is 6.61 Å². The molecule has 12 heteroatoms. The van der Waals surface area contributed by atoms with Crippen LogP contribution in [0.3, 0.4) is 0 Å². The molecule has 0 aromatic heterocycles. The third-order valence-electron chi connectivity index (χ3n) is 8.29. The fourth-order valence-electron chi connectivity index (χ4n) is 6.60. The molecule has 0 spiro atoms. The molecule has 6 unspecified atom stereocenters. The molecule has 2 saturated carbocycles. The van der Waals surface area contributed by atoms with Crippen LogP contribution in [-0.2, 0) is 0 Å². The number of hydrogen-bond donors (Lipinski definition) is 2. The lowest BCUT2D eigenvalue weighted by Gasteiger charge is -2.53. The summed E-state index contributed by atoms with van der Waals surface area (Å²) in [6.45, 7) is -0.906.